The zero-order valence-corrected chi connectivity index (χ0v) is 11.3. The minimum Gasteiger partial charge on any atom is -0.383 e. The van der Waals surface area contributed by atoms with Crippen molar-refractivity contribution in [2.24, 2.45) is 5.73 Å². The van der Waals surface area contributed by atoms with Crippen molar-refractivity contribution in [3.05, 3.63) is 24.0 Å². The SMILES string of the molecule is CC[C@@H](N)c1ccc(N(CCOC)C2CC2)cn1. The number of hydrogen-bond donors (Lipinski definition) is 1. The van der Waals surface area contributed by atoms with Crippen LogP contribution >= 0.6 is 0 Å². The average Bonchev–Trinajstić information content (AvgIpc) is 3.24. The lowest BCUT2D eigenvalue weighted by atomic mass is 10.1. The molecule has 1 aliphatic carbocycles. The lowest BCUT2D eigenvalue weighted by Crippen LogP contribution is -2.29. The first-order chi connectivity index (χ1) is 8.76. The van der Waals surface area contributed by atoms with Crippen LogP contribution in [0.15, 0.2) is 18.3 Å². The molecule has 1 fully saturated rings. The maximum Gasteiger partial charge on any atom is 0.0637 e. The summed E-state index contributed by atoms with van der Waals surface area (Å²) in [5.74, 6) is 0. The van der Waals surface area contributed by atoms with E-state index in [1.54, 1.807) is 7.11 Å². The fourth-order valence-corrected chi connectivity index (χ4v) is 2.09. The minimum atomic E-state index is 0.0485. The molecule has 100 valence electrons. The lowest BCUT2D eigenvalue weighted by molar-refractivity contribution is 0.205. The normalized spacial score (nSPS) is 16.6. The first-order valence-corrected chi connectivity index (χ1v) is 6.73. The number of aromatic nitrogens is 1. The summed E-state index contributed by atoms with van der Waals surface area (Å²) in [6.45, 7) is 3.77. The van der Waals surface area contributed by atoms with Crippen LogP contribution in [-0.4, -0.2) is 31.3 Å². The van der Waals surface area contributed by atoms with Gasteiger partial charge in [0.2, 0.25) is 0 Å². The minimum absolute atomic E-state index is 0.0485. The van der Waals surface area contributed by atoms with Crippen LogP contribution in [0.1, 0.15) is 37.9 Å². The van der Waals surface area contributed by atoms with Crippen molar-refractivity contribution in [1.29, 1.82) is 0 Å². The van der Waals surface area contributed by atoms with Gasteiger partial charge in [-0.2, -0.15) is 0 Å². The highest BCUT2D eigenvalue weighted by Crippen LogP contribution is 2.31. The van der Waals surface area contributed by atoms with Crippen LogP contribution < -0.4 is 10.6 Å². The predicted molar refractivity (Wildman–Crippen MR) is 73.7 cm³/mol. The third-order valence-electron chi connectivity index (χ3n) is 3.45. The Morgan fingerprint density at radius 1 is 1.50 bits per heavy atom. The topological polar surface area (TPSA) is 51.4 Å². The molecule has 2 rings (SSSR count). The highest BCUT2D eigenvalue weighted by molar-refractivity contribution is 5.47. The number of nitrogens with zero attached hydrogens (tertiary/aromatic N) is 2. The predicted octanol–water partition coefficient (Wildman–Crippen LogP) is 2.11. The standard InChI is InChI=1S/C14H23N3O/c1-3-13(15)14-7-6-12(10-16-14)17(8-9-18-2)11-4-5-11/h6-7,10-11,13H,3-5,8-9,15H2,1-2H3/t13-/m1/s1. The van der Waals surface area contributed by atoms with Gasteiger partial charge in [-0.15, -0.1) is 0 Å². The molecule has 1 saturated carbocycles. The summed E-state index contributed by atoms with van der Waals surface area (Å²) >= 11 is 0. The van der Waals surface area contributed by atoms with Crippen molar-refractivity contribution in [2.45, 2.75) is 38.3 Å². The van der Waals surface area contributed by atoms with Gasteiger partial charge in [-0.3, -0.25) is 4.98 Å². The molecule has 1 aliphatic rings. The van der Waals surface area contributed by atoms with E-state index >= 15 is 0 Å². The molecule has 2 N–H and O–H groups in total. The van der Waals surface area contributed by atoms with Crippen LogP contribution in [0.25, 0.3) is 0 Å². The van der Waals surface area contributed by atoms with Crippen molar-refractivity contribution in [2.75, 3.05) is 25.2 Å². The molecule has 4 nitrogen and oxygen atoms in total. The molecule has 0 amide bonds. The number of hydrogen-bond acceptors (Lipinski definition) is 4. The molecule has 0 unspecified atom stereocenters. The maximum absolute atomic E-state index is 5.98. The van der Waals surface area contributed by atoms with Gasteiger partial charge in [0.15, 0.2) is 0 Å². The third kappa shape index (κ3) is 3.21. The molecule has 0 radical (unpaired) electrons. The van der Waals surface area contributed by atoms with Crippen molar-refractivity contribution in [1.82, 2.24) is 4.98 Å². The van der Waals surface area contributed by atoms with E-state index in [-0.39, 0.29) is 6.04 Å². The summed E-state index contributed by atoms with van der Waals surface area (Å²) in [5, 5.41) is 0. The average molecular weight is 249 g/mol. The van der Waals surface area contributed by atoms with E-state index in [2.05, 4.69) is 22.9 Å². The summed E-state index contributed by atoms with van der Waals surface area (Å²) < 4.78 is 5.17. The largest absolute Gasteiger partial charge is 0.383 e. The Labute approximate surface area is 109 Å². The molecule has 0 saturated heterocycles. The van der Waals surface area contributed by atoms with Crippen LogP contribution in [0, 0.1) is 0 Å². The molecule has 0 spiro atoms. The van der Waals surface area contributed by atoms with Gasteiger partial charge in [-0.25, -0.2) is 0 Å². The summed E-state index contributed by atoms with van der Waals surface area (Å²) in [5.41, 5.74) is 8.13. The number of pyridine rings is 1. The van der Waals surface area contributed by atoms with Crippen LogP contribution in [0.5, 0.6) is 0 Å². The van der Waals surface area contributed by atoms with Gasteiger partial charge in [0.1, 0.15) is 0 Å². The second-order valence-electron chi connectivity index (χ2n) is 4.87. The van der Waals surface area contributed by atoms with E-state index in [4.69, 9.17) is 10.5 Å². The summed E-state index contributed by atoms with van der Waals surface area (Å²) in [4.78, 5) is 6.87. The van der Waals surface area contributed by atoms with Crippen LogP contribution in [0.3, 0.4) is 0 Å². The zero-order valence-electron chi connectivity index (χ0n) is 11.3. The van der Waals surface area contributed by atoms with Crippen LogP contribution in [0.4, 0.5) is 5.69 Å². The Bertz CT molecular complexity index is 362. The van der Waals surface area contributed by atoms with Gasteiger partial charge < -0.3 is 15.4 Å². The van der Waals surface area contributed by atoms with E-state index in [0.717, 1.165) is 25.3 Å². The molecule has 1 aromatic heterocycles. The summed E-state index contributed by atoms with van der Waals surface area (Å²) in [7, 11) is 1.74. The van der Waals surface area contributed by atoms with Gasteiger partial charge in [0, 0.05) is 25.7 Å². The molecular formula is C14H23N3O. The van der Waals surface area contributed by atoms with E-state index in [9.17, 15) is 0 Å². The first-order valence-electron chi connectivity index (χ1n) is 6.73. The highest BCUT2D eigenvalue weighted by Gasteiger charge is 2.29. The molecular weight excluding hydrogens is 226 g/mol. The Balaban J connectivity index is 2.05. The second-order valence-corrected chi connectivity index (χ2v) is 4.87. The number of ether oxygens (including phenoxy) is 1. The van der Waals surface area contributed by atoms with Gasteiger partial charge in [-0.1, -0.05) is 6.92 Å². The number of rotatable bonds is 7. The molecule has 0 aromatic carbocycles. The van der Waals surface area contributed by atoms with Gasteiger partial charge in [0.05, 0.1) is 24.2 Å². The van der Waals surface area contributed by atoms with E-state index in [1.807, 2.05) is 12.3 Å². The fourth-order valence-electron chi connectivity index (χ4n) is 2.09. The molecule has 1 atom stereocenters. The highest BCUT2D eigenvalue weighted by atomic mass is 16.5. The molecule has 1 aromatic rings. The monoisotopic (exact) mass is 249 g/mol. The molecule has 18 heavy (non-hydrogen) atoms. The summed E-state index contributed by atoms with van der Waals surface area (Å²) in [6, 6.07) is 4.90. The van der Waals surface area contributed by atoms with Crippen LogP contribution in [0.2, 0.25) is 0 Å². The summed E-state index contributed by atoms with van der Waals surface area (Å²) in [6.07, 6.45) is 5.42. The van der Waals surface area contributed by atoms with Crippen LogP contribution in [-0.2, 0) is 4.74 Å². The first kappa shape index (κ1) is 13.3. The Morgan fingerprint density at radius 3 is 2.78 bits per heavy atom. The number of methoxy groups -OCH3 is 1. The van der Waals surface area contributed by atoms with Gasteiger partial charge in [-0.05, 0) is 31.4 Å². The molecule has 0 bridgehead atoms. The van der Waals surface area contributed by atoms with Crippen molar-refractivity contribution in [3.63, 3.8) is 0 Å². The Kier molecular flexibility index (Phi) is 4.55. The molecule has 4 heteroatoms. The fraction of sp³-hybridized carbons (Fsp3) is 0.643. The lowest BCUT2D eigenvalue weighted by Gasteiger charge is -2.24. The smallest absolute Gasteiger partial charge is 0.0637 e. The quantitative estimate of drug-likeness (QED) is 0.804. The van der Waals surface area contributed by atoms with E-state index in [0.29, 0.717) is 6.04 Å². The maximum atomic E-state index is 5.98. The third-order valence-corrected chi connectivity index (χ3v) is 3.45. The zero-order chi connectivity index (χ0) is 13.0. The van der Waals surface area contributed by atoms with Gasteiger partial charge >= 0.3 is 0 Å². The van der Waals surface area contributed by atoms with Crippen molar-refractivity contribution in [3.8, 4) is 0 Å². The Morgan fingerprint density at radius 2 is 2.28 bits per heavy atom. The van der Waals surface area contributed by atoms with Gasteiger partial charge in [0.25, 0.3) is 0 Å². The number of nitrogens with two attached hydrogens (primary N) is 1. The number of anilines is 1. The van der Waals surface area contributed by atoms with Crippen molar-refractivity contribution < 1.29 is 4.74 Å². The molecule has 0 aliphatic heterocycles. The Hall–Kier alpha value is -1.13. The second kappa shape index (κ2) is 6.16. The van der Waals surface area contributed by atoms with E-state index < -0.39 is 0 Å². The molecule has 1 heterocycles. The van der Waals surface area contributed by atoms with E-state index in [1.165, 1.54) is 18.5 Å². The van der Waals surface area contributed by atoms with Crippen molar-refractivity contribution >= 4 is 5.69 Å².